The Balaban J connectivity index is 2.02. The summed E-state index contributed by atoms with van der Waals surface area (Å²) in [6, 6.07) is 25.0. The second-order valence-electron chi connectivity index (χ2n) is 5.72. The highest BCUT2D eigenvalue weighted by Crippen LogP contribution is 2.30. The number of hydrogen-bond donors (Lipinski definition) is 1. The summed E-state index contributed by atoms with van der Waals surface area (Å²) in [7, 11) is 0. The molecule has 0 radical (unpaired) electrons. The van der Waals surface area contributed by atoms with Crippen LogP contribution in [0.5, 0.6) is 0 Å². The zero-order chi connectivity index (χ0) is 17.2. The van der Waals surface area contributed by atoms with Crippen molar-refractivity contribution in [3.8, 4) is 22.5 Å². The molecule has 25 heavy (non-hydrogen) atoms. The van der Waals surface area contributed by atoms with Crippen molar-refractivity contribution in [3.05, 3.63) is 84.4 Å². The number of nitrogens with two attached hydrogens (primary N) is 1. The predicted octanol–water partition coefficient (Wildman–Crippen LogP) is 4.06. The highest BCUT2D eigenvalue weighted by atomic mass is 16.1. The van der Waals surface area contributed by atoms with E-state index in [1.807, 2.05) is 60.7 Å². The quantitative estimate of drug-likeness (QED) is 0.617. The van der Waals surface area contributed by atoms with Gasteiger partial charge in [0.05, 0.1) is 22.4 Å². The molecule has 0 bridgehead atoms. The summed E-state index contributed by atoms with van der Waals surface area (Å²) in [4.78, 5) is 21.1. The second-order valence-corrected chi connectivity index (χ2v) is 5.72. The van der Waals surface area contributed by atoms with E-state index >= 15 is 0 Å². The average molecular weight is 325 g/mol. The van der Waals surface area contributed by atoms with E-state index in [1.165, 1.54) is 0 Å². The number of hydrogen-bond acceptors (Lipinski definition) is 3. The van der Waals surface area contributed by atoms with E-state index in [1.54, 1.807) is 18.2 Å². The number of fused-ring (bicyclic) bond motifs is 1. The molecular weight excluding hydrogens is 310 g/mol. The molecule has 0 aliphatic carbocycles. The number of carbonyl (C=O) groups excluding carboxylic acids is 1. The van der Waals surface area contributed by atoms with Crippen molar-refractivity contribution < 1.29 is 4.79 Å². The molecule has 0 unspecified atom stereocenters. The van der Waals surface area contributed by atoms with Gasteiger partial charge in [-0.15, -0.1) is 0 Å². The molecule has 4 rings (SSSR count). The van der Waals surface area contributed by atoms with Gasteiger partial charge in [0.15, 0.2) is 0 Å². The summed E-state index contributed by atoms with van der Waals surface area (Å²) in [6.07, 6.45) is 0. The zero-order valence-electron chi connectivity index (χ0n) is 13.4. The Labute approximate surface area is 145 Å². The van der Waals surface area contributed by atoms with E-state index in [0.29, 0.717) is 11.1 Å². The van der Waals surface area contributed by atoms with Crippen molar-refractivity contribution in [2.45, 2.75) is 0 Å². The molecule has 4 heteroatoms. The molecule has 0 aliphatic rings. The van der Waals surface area contributed by atoms with Gasteiger partial charge in [-0.3, -0.25) is 4.79 Å². The summed E-state index contributed by atoms with van der Waals surface area (Å²) in [6.45, 7) is 0. The van der Waals surface area contributed by atoms with Crippen LogP contribution >= 0.6 is 0 Å². The van der Waals surface area contributed by atoms with Crippen LogP contribution in [-0.2, 0) is 0 Å². The van der Waals surface area contributed by atoms with Crippen molar-refractivity contribution in [1.29, 1.82) is 0 Å². The first-order valence-corrected chi connectivity index (χ1v) is 7.95. The first kappa shape index (κ1) is 15.0. The Morgan fingerprint density at radius 1 is 0.680 bits per heavy atom. The molecule has 0 spiro atoms. The first-order valence-electron chi connectivity index (χ1n) is 7.95. The summed E-state index contributed by atoms with van der Waals surface area (Å²) in [5.41, 5.74) is 10.7. The van der Waals surface area contributed by atoms with Crippen LogP contribution in [0.3, 0.4) is 0 Å². The molecule has 120 valence electrons. The van der Waals surface area contributed by atoms with E-state index in [4.69, 9.17) is 15.7 Å². The fourth-order valence-electron chi connectivity index (χ4n) is 2.80. The normalized spacial score (nSPS) is 10.7. The number of benzene rings is 3. The Morgan fingerprint density at radius 2 is 1.20 bits per heavy atom. The lowest BCUT2D eigenvalue weighted by atomic mass is 10.0. The number of rotatable bonds is 3. The lowest BCUT2D eigenvalue weighted by Gasteiger charge is -2.11. The third-order valence-electron chi connectivity index (χ3n) is 4.04. The molecule has 0 saturated heterocycles. The fraction of sp³-hybridized carbons (Fsp3) is 0. The Kier molecular flexibility index (Phi) is 3.71. The third kappa shape index (κ3) is 2.85. The van der Waals surface area contributed by atoms with Gasteiger partial charge in [-0.2, -0.15) is 0 Å². The number of nitrogens with zero attached hydrogens (tertiary/aromatic N) is 2. The smallest absolute Gasteiger partial charge is 0.248 e. The monoisotopic (exact) mass is 325 g/mol. The molecule has 1 amide bonds. The van der Waals surface area contributed by atoms with Gasteiger partial charge >= 0.3 is 0 Å². The number of amides is 1. The molecule has 1 heterocycles. The molecule has 2 N–H and O–H groups in total. The maximum atomic E-state index is 11.5. The van der Waals surface area contributed by atoms with Gasteiger partial charge in [0, 0.05) is 16.7 Å². The third-order valence-corrected chi connectivity index (χ3v) is 4.04. The molecule has 0 aliphatic heterocycles. The van der Waals surface area contributed by atoms with Crippen LogP contribution in [0.25, 0.3) is 33.5 Å². The van der Waals surface area contributed by atoms with Crippen molar-refractivity contribution in [1.82, 2.24) is 9.97 Å². The fourth-order valence-corrected chi connectivity index (χ4v) is 2.80. The van der Waals surface area contributed by atoms with Gasteiger partial charge in [-0.1, -0.05) is 60.7 Å². The largest absolute Gasteiger partial charge is 0.366 e. The summed E-state index contributed by atoms with van der Waals surface area (Å²) >= 11 is 0. The van der Waals surface area contributed by atoms with Gasteiger partial charge in [0.2, 0.25) is 5.91 Å². The van der Waals surface area contributed by atoms with Gasteiger partial charge in [0.1, 0.15) is 0 Å². The van der Waals surface area contributed by atoms with E-state index in [2.05, 4.69) is 0 Å². The lowest BCUT2D eigenvalue weighted by Crippen LogP contribution is -2.10. The van der Waals surface area contributed by atoms with E-state index in [9.17, 15) is 4.79 Å². The maximum absolute atomic E-state index is 11.5. The predicted molar refractivity (Wildman–Crippen MR) is 98.9 cm³/mol. The SMILES string of the molecule is NC(=O)c1ccc2nc(-c3ccccc3)c(-c3ccccc3)nc2c1. The Hall–Kier alpha value is -3.53. The second kappa shape index (κ2) is 6.17. The highest BCUT2D eigenvalue weighted by molar-refractivity contribution is 5.97. The number of carbonyl (C=O) groups is 1. The molecule has 4 aromatic rings. The van der Waals surface area contributed by atoms with Gasteiger partial charge < -0.3 is 5.73 Å². The van der Waals surface area contributed by atoms with Gasteiger partial charge in [-0.25, -0.2) is 9.97 Å². The highest BCUT2D eigenvalue weighted by Gasteiger charge is 2.13. The molecule has 4 nitrogen and oxygen atoms in total. The van der Waals surface area contributed by atoms with Crippen molar-refractivity contribution >= 4 is 16.9 Å². The summed E-state index contributed by atoms with van der Waals surface area (Å²) < 4.78 is 0. The summed E-state index contributed by atoms with van der Waals surface area (Å²) in [5, 5.41) is 0. The lowest BCUT2D eigenvalue weighted by molar-refractivity contribution is 0.100. The first-order chi connectivity index (χ1) is 12.2. The van der Waals surface area contributed by atoms with Crippen molar-refractivity contribution in [3.63, 3.8) is 0 Å². The molecule has 0 fully saturated rings. The van der Waals surface area contributed by atoms with Crippen LogP contribution in [0.15, 0.2) is 78.9 Å². The minimum absolute atomic E-state index is 0.424. The van der Waals surface area contributed by atoms with E-state index in [-0.39, 0.29) is 0 Å². The van der Waals surface area contributed by atoms with Crippen LogP contribution in [0.2, 0.25) is 0 Å². The molecule has 3 aromatic carbocycles. The van der Waals surface area contributed by atoms with E-state index in [0.717, 1.165) is 28.0 Å². The Bertz CT molecular complexity index is 1060. The standard InChI is InChI=1S/C21H15N3O/c22-21(25)16-11-12-17-18(13-16)24-20(15-9-5-2-6-10-15)19(23-17)14-7-3-1-4-8-14/h1-13H,(H2,22,25). The number of primary amides is 1. The average Bonchev–Trinajstić information content (AvgIpc) is 2.68. The topological polar surface area (TPSA) is 68.9 Å². The van der Waals surface area contributed by atoms with Crippen LogP contribution in [0.4, 0.5) is 0 Å². The minimum atomic E-state index is -0.475. The van der Waals surface area contributed by atoms with Crippen LogP contribution in [0, 0.1) is 0 Å². The Morgan fingerprint density at radius 3 is 1.72 bits per heavy atom. The molecule has 0 atom stereocenters. The van der Waals surface area contributed by atoms with E-state index < -0.39 is 5.91 Å². The van der Waals surface area contributed by atoms with Crippen molar-refractivity contribution in [2.24, 2.45) is 5.73 Å². The molecule has 1 aromatic heterocycles. The zero-order valence-corrected chi connectivity index (χ0v) is 13.4. The van der Waals surface area contributed by atoms with Crippen LogP contribution in [0.1, 0.15) is 10.4 Å². The molecule has 0 saturated carbocycles. The summed E-state index contributed by atoms with van der Waals surface area (Å²) in [5.74, 6) is -0.475. The van der Waals surface area contributed by atoms with Crippen LogP contribution in [-0.4, -0.2) is 15.9 Å². The van der Waals surface area contributed by atoms with Gasteiger partial charge in [-0.05, 0) is 18.2 Å². The maximum Gasteiger partial charge on any atom is 0.248 e. The van der Waals surface area contributed by atoms with Gasteiger partial charge in [0.25, 0.3) is 0 Å². The number of aromatic nitrogens is 2. The molecular formula is C21H15N3O. The van der Waals surface area contributed by atoms with Crippen molar-refractivity contribution in [2.75, 3.05) is 0 Å². The minimum Gasteiger partial charge on any atom is -0.366 e. The van der Waals surface area contributed by atoms with Crippen LogP contribution < -0.4 is 5.73 Å².